The van der Waals surface area contributed by atoms with E-state index in [1.165, 1.54) is 6.08 Å². The Balaban J connectivity index is 1.80. The second kappa shape index (κ2) is 13.3. The molecular formula is C27H28BrN3O5. The van der Waals surface area contributed by atoms with Gasteiger partial charge in [-0.3, -0.25) is 10.1 Å². The molecule has 0 aliphatic heterocycles. The summed E-state index contributed by atoms with van der Waals surface area (Å²) < 4.78 is 12.4. The van der Waals surface area contributed by atoms with Crippen LogP contribution in [0.5, 0.6) is 5.75 Å². The summed E-state index contributed by atoms with van der Waals surface area (Å²) in [4.78, 5) is 25.3. The van der Waals surface area contributed by atoms with Crippen molar-refractivity contribution < 1.29 is 24.2 Å². The van der Waals surface area contributed by atoms with Crippen molar-refractivity contribution in [2.45, 2.75) is 13.0 Å². The number of nitrogen functional groups attached to an aromatic ring is 1. The van der Waals surface area contributed by atoms with Crippen LogP contribution in [0.25, 0.3) is 0 Å². The normalized spacial score (nSPS) is 12.5. The molecule has 0 bridgehead atoms. The van der Waals surface area contributed by atoms with Gasteiger partial charge < -0.3 is 25.6 Å². The molecular weight excluding hydrogens is 526 g/mol. The standard InChI is InChI=1S/C27H28BrN3O5/c1-18(10-15-25(33)31-23-8-4-3-7-22(23)29)26(21-6-2-5-9-24(21)35-17-16-32)36-27(34)30-20-13-11-19(28)12-14-20/h2-15,18,26,32H,16-17,29H2,1H3,(H,30,34)(H,31,33)/b15-10+/t18-,26+/m1/s1. The molecule has 0 fully saturated rings. The first-order valence-electron chi connectivity index (χ1n) is 11.3. The number of amides is 2. The van der Waals surface area contributed by atoms with Crippen molar-refractivity contribution in [3.63, 3.8) is 0 Å². The Hall–Kier alpha value is -3.82. The molecule has 9 heteroatoms. The maximum Gasteiger partial charge on any atom is 0.412 e. The van der Waals surface area contributed by atoms with Crippen molar-refractivity contribution in [1.29, 1.82) is 0 Å². The summed E-state index contributed by atoms with van der Waals surface area (Å²) in [6.45, 7) is 1.74. The Kier molecular flexibility index (Phi) is 9.91. The molecule has 0 unspecified atom stereocenters. The van der Waals surface area contributed by atoms with Crippen molar-refractivity contribution in [3.05, 3.63) is 95.0 Å². The van der Waals surface area contributed by atoms with Gasteiger partial charge in [0, 0.05) is 21.6 Å². The summed E-state index contributed by atoms with van der Waals surface area (Å²) in [7, 11) is 0. The summed E-state index contributed by atoms with van der Waals surface area (Å²) >= 11 is 3.36. The van der Waals surface area contributed by atoms with Gasteiger partial charge in [-0.15, -0.1) is 0 Å². The molecule has 3 rings (SSSR count). The lowest BCUT2D eigenvalue weighted by atomic mass is 9.95. The fourth-order valence-electron chi connectivity index (χ4n) is 3.38. The first-order chi connectivity index (χ1) is 17.4. The third-order valence-corrected chi connectivity index (χ3v) is 5.68. The van der Waals surface area contributed by atoms with Gasteiger partial charge in [0.2, 0.25) is 5.91 Å². The first kappa shape index (κ1) is 26.8. The molecule has 0 spiro atoms. The van der Waals surface area contributed by atoms with Crippen LogP contribution in [0.4, 0.5) is 21.9 Å². The van der Waals surface area contributed by atoms with Crippen molar-refractivity contribution in [2.75, 3.05) is 29.6 Å². The molecule has 0 saturated carbocycles. The molecule has 3 aromatic carbocycles. The summed E-state index contributed by atoms with van der Waals surface area (Å²) in [5.41, 5.74) is 8.01. The highest BCUT2D eigenvalue weighted by Gasteiger charge is 2.26. The minimum atomic E-state index is -0.791. The minimum Gasteiger partial charge on any atom is -0.491 e. The highest BCUT2D eigenvalue weighted by Crippen LogP contribution is 2.34. The van der Waals surface area contributed by atoms with Crippen molar-refractivity contribution in [2.24, 2.45) is 5.92 Å². The van der Waals surface area contributed by atoms with E-state index in [0.717, 1.165) is 4.47 Å². The maximum atomic E-state index is 12.8. The summed E-state index contributed by atoms with van der Waals surface area (Å²) in [6.07, 6.45) is 1.56. The van der Waals surface area contributed by atoms with Gasteiger partial charge in [-0.2, -0.15) is 0 Å². The van der Waals surface area contributed by atoms with Gasteiger partial charge in [-0.05, 0) is 48.5 Å². The zero-order valence-corrected chi connectivity index (χ0v) is 21.3. The van der Waals surface area contributed by atoms with Gasteiger partial charge >= 0.3 is 6.09 Å². The smallest absolute Gasteiger partial charge is 0.412 e. The van der Waals surface area contributed by atoms with Crippen LogP contribution in [0.15, 0.2) is 89.4 Å². The molecule has 0 aromatic heterocycles. The third-order valence-electron chi connectivity index (χ3n) is 5.15. The Morgan fingerprint density at radius 3 is 2.44 bits per heavy atom. The number of nitrogens with two attached hydrogens (primary N) is 1. The number of carbonyl (C=O) groups is 2. The Bertz CT molecular complexity index is 1200. The van der Waals surface area contributed by atoms with Gasteiger partial charge in [0.25, 0.3) is 0 Å². The number of ether oxygens (including phenoxy) is 2. The number of anilines is 3. The van der Waals surface area contributed by atoms with Crippen molar-refractivity contribution in [3.8, 4) is 5.75 Å². The SMILES string of the molecule is C[C@H](/C=C/C(=O)Nc1ccccc1N)[C@H](OC(=O)Nc1ccc(Br)cc1)c1ccccc1OCCO. The van der Waals surface area contributed by atoms with Crippen LogP contribution >= 0.6 is 15.9 Å². The fourth-order valence-corrected chi connectivity index (χ4v) is 3.64. The zero-order chi connectivity index (χ0) is 25.9. The molecule has 0 aliphatic carbocycles. The molecule has 5 N–H and O–H groups in total. The fraction of sp³-hybridized carbons (Fsp3) is 0.185. The predicted octanol–water partition coefficient (Wildman–Crippen LogP) is 5.52. The van der Waals surface area contributed by atoms with E-state index in [9.17, 15) is 14.7 Å². The average molecular weight is 554 g/mol. The molecule has 2 atom stereocenters. The molecule has 36 heavy (non-hydrogen) atoms. The highest BCUT2D eigenvalue weighted by atomic mass is 79.9. The lowest BCUT2D eigenvalue weighted by Gasteiger charge is -2.25. The number of nitrogens with one attached hydrogen (secondary N) is 2. The lowest BCUT2D eigenvalue weighted by Crippen LogP contribution is -2.22. The molecule has 0 aliphatic rings. The van der Waals surface area contributed by atoms with E-state index in [-0.39, 0.29) is 19.1 Å². The largest absolute Gasteiger partial charge is 0.491 e. The van der Waals surface area contributed by atoms with E-state index in [4.69, 9.17) is 15.2 Å². The number of benzene rings is 3. The van der Waals surface area contributed by atoms with Crippen LogP contribution in [-0.4, -0.2) is 30.3 Å². The monoisotopic (exact) mass is 553 g/mol. The van der Waals surface area contributed by atoms with E-state index in [0.29, 0.717) is 28.4 Å². The highest BCUT2D eigenvalue weighted by molar-refractivity contribution is 9.10. The van der Waals surface area contributed by atoms with Gasteiger partial charge in [-0.25, -0.2) is 4.79 Å². The number of aliphatic hydroxyl groups excluding tert-OH is 1. The van der Waals surface area contributed by atoms with E-state index >= 15 is 0 Å². The van der Waals surface area contributed by atoms with E-state index in [1.807, 2.05) is 6.92 Å². The van der Waals surface area contributed by atoms with Gasteiger partial charge in [0.05, 0.1) is 18.0 Å². The van der Waals surface area contributed by atoms with E-state index < -0.39 is 18.1 Å². The Labute approximate surface area is 218 Å². The second-order valence-electron chi connectivity index (χ2n) is 7.86. The van der Waals surface area contributed by atoms with Gasteiger partial charge in [0.1, 0.15) is 18.5 Å². The zero-order valence-electron chi connectivity index (χ0n) is 19.7. The van der Waals surface area contributed by atoms with Crippen molar-refractivity contribution in [1.82, 2.24) is 0 Å². The molecule has 8 nitrogen and oxygen atoms in total. The number of halogens is 1. The molecule has 2 amide bonds. The minimum absolute atomic E-state index is 0.0833. The Morgan fingerprint density at radius 2 is 1.72 bits per heavy atom. The molecule has 0 saturated heterocycles. The number of hydrogen-bond acceptors (Lipinski definition) is 6. The van der Waals surface area contributed by atoms with Crippen molar-refractivity contribution >= 4 is 45.0 Å². The average Bonchev–Trinajstić information content (AvgIpc) is 2.87. The third kappa shape index (κ3) is 7.86. The predicted molar refractivity (Wildman–Crippen MR) is 144 cm³/mol. The summed E-state index contributed by atoms with van der Waals surface area (Å²) in [6, 6.07) is 21.1. The van der Waals surface area contributed by atoms with Crippen LogP contribution in [0.1, 0.15) is 18.6 Å². The van der Waals surface area contributed by atoms with Crippen LogP contribution in [0.3, 0.4) is 0 Å². The summed E-state index contributed by atoms with van der Waals surface area (Å²) in [5.74, 6) is -0.323. The first-order valence-corrected chi connectivity index (χ1v) is 12.1. The Morgan fingerprint density at radius 1 is 1.03 bits per heavy atom. The molecule has 0 heterocycles. The molecule has 0 radical (unpaired) electrons. The topological polar surface area (TPSA) is 123 Å². The molecule has 3 aromatic rings. The number of para-hydroxylation sites is 3. The number of rotatable bonds is 10. The molecule has 188 valence electrons. The lowest BCUT2D eigenvalue weighted by molar-refractivity contribution is -0.111. The van der Waals surface area contributed by atoms with Gasteiger partial charge in [0.15, 0.2) is 0 Å². The second-order valence-corrected chi connectivity index (χ2v) is 8.78. The summed E-state index contributed by atoms with van der Waals surface area (Å²) in [5, 5.41) is 14.6. The van der Waals surface area contributed by atoms with E-state index in [1.54, 1.807) is 78.9 Å². The maximum absolute atomic E-state index is 12.8. The van der Waals surface area contributed by atoms with Gasteiger partial charge in [-0.1, -0.05) is 59.3 Å². The quantitative estimate of drug-likeness (QED) is 0.193. The number of hydrogen-bond donors (Lipinski definition) is 4. The van der Waals surface area contributed by atoms with Crippen LogP contribution in [0.2, 0.25) is 0 Å². The number of carbonyl (C=O) groups excluding carboxylic acids is 2. The van der Waals surface area contributed by atoms with Crippen LogP contribution in [0, 0.1) is 5.92 Å². The van der Waals surface area contributed by atoms with Crippen LogP contribution < -0.4 is 21.1 Å². The van der Waals surface area contributed by atoms with Crippen LogP contribution in [-0.2, 0) is 9.53 Å². The van der Waals surface area contributed by atoms with E-state index in [2.05, 4.69) is 26.6 Å². The number of aliphatic hydroxyl groups is 1.